The Kier molecular flexibility index (Phi) is 5.08. The van der Waals surface area contributed by atoms with E-state index in [4.69, 9.17) is 17.3 Å². The van der Waals surface area contributed by atoms with E-state index in [0.717, 1.165) is 0 Å². The van der Waals surface area contributed by atoms with Crippen molar-refractivity contribution in [3.05, 3.63) is 53.1 Å². The molecule has 7 heteroatoms. The normalized spacial score (nSPS) is 10.0. The molecule has 0 heterocycles. The SMILES string of the molecule is CN(C)c1c(Cl)cccc1NC(=O)c1cccc(NC(N)=O)c1. The van der Waals surface area contributed by atoms with Crippen LogP contribution in [0, 0.1) is 0 Å². The quantitative estimate of drug-likeness (QED) is 0.803. The monoisotopic (exact) mass is 332 g/mol. The maximum Gasteiger partial charge on any atom is 0.316 e. The number of anilines is 3. The smallest absolute Gasteiger partial charge is 0.316 e. The number of benzene rings is 2. The van der Waals surface area contributed by atoms with Gasteiger partial charge in [0.05, 0.1) is 16.4 Å². The summed E-state index contributed by atoms with van der Waals surface area (Å²) in [4.78, 5) is 25.1. The molecule has 0 aliphatic carbocycles. The number of primary amides is 1. The third kappa shape index (κ3) is 4.14. The highest BCUT2D eigenvalue weighted by Crippen LogP contribution is 2.32. The average molecular weight is 333 g/mol. The summed E-state index contributed by atoms with van der Waals surface area (Å²) in [5.74, 6) is -0.316. The van der Waals surface area contributed by atoms with Crippen molar-refractivity contribution in [2.75, 3.05) is 29.6 Å². The van der Waals surface area contributed by atoms with Crippen LogP contribution in [0.2, 0.25) is 5.02 Å². The summed E-state index contributed by atoms with van der Waals surface area (Å²) in [6.45, 7) is 0. The first-order valence-electron chi connectivity index (χ1n) is 6.82. The highest BCUT2D eigenvalue weighted by atomic mass is 35.5. The number of para-hydroxylation sites is 1. The minimum absolute atomic E-state index is 0.316. The van der Waals surface area contributed by atoms with Gasteiger partial charge in [-0.25, -0.2) is 4.79 Å². The second-order valence-corrected chi connectivity index (χ2v) is 5.46. The Labute approximate surface area is 139 Å². The minimum atomic E-state index is -0.688. The molecule has 0 bridgehead atoms. The summed E-state index contributed by atoms with van der Waals surface area (Å²) >= 11 is 6.18. The van der Waals surface area contributed by atoms with Crippen molar-refractivity contribution in [1.29, 1.82) is 0 Å². The van der Waals surface area contributed by atoms with Gasteiger partial charge in [-0.15, -0.1) is 0 Å². The van der Waals surface area contributed by atoms with E-state index in [-0.39, 0.29) is 5.91 Å². The third-order valence-corrected chi connectivity index (χ3v) is 3.38. The molecule has 2 aromatic rings. The second kappa shape index (κ2) is 7.02. The van der Waals surface area contributed by atoms with Crippen LogP contribution in [0.5, 0.6) is 0 Å². The molecule has 0 unspecified atom stereocenters. The fourth-order valence-electron chi connectivity index (χ4n) is 2.15. The number of nitrogens with one attached hydrogen (secondary N) is 2. The second-order valence-electron chi connectivity index (χ2n) is 5.05. The van der Waals surface area contributed by atoms with Crippen LogP contribution >= 0.6 is 11.6 Å². The highest BCUT2D eigenvalue weighted by Gasteiger charge is 2.13. The van der Waals surface area contributed by atoms with Crippen LogP contribution in [0.1, 0.15) is 10.4 Å². The molecule has 2 aromatic carbocycles. The molecule has 0 aliphatic rings. The molecule has 0 radical (unpaired) electrons. The molecule has 0 aromatic heterocycles. The zero-order valence-electron chi connectivity index (χ0n) is 12.8. The zero-order chi connectivity index (χ0) is 17.0. The first-order chi connectivity index (χ1) is 10.9. The van der Waals surface area contributed by atoms with Gasteiger partial charge >= 0.3 is 6.03 Å². The van der Waals surface area contributed by atoms with Crippen LogP contribution in [0.15, 0.2) is 42.5 Å². The molecule has 0 saturated carbocycles. The maximum absolute atomic E-state index is 12.4. The Bertz CT molecular complexity index is 747. The van der Waals surface area contributed by atoms with Gasteiger partial charge in [0.15, 0.2) is 0 Å². The van der Waals surface area contributed by atoms with E-state index < -0.39 is 6.03 Å². The lowest BCUT2D eigenvalue weighted by atomic mass is 10.1. The molecular weight excluding hydrogens is 316 g/mol. The van der Waals surface area contributed by atoms with Crippen molar-refractivity contribution in [2.24, 2.45) is 5.73 Å². The van der Waals surface area contributed by atoms with Gasteiger partial charge in [0, 0.05) is 25.3 Å². The molecule has 23 heavy (non-hydrogen) atoms. The first kappa shape index (κ1) is 16.6. The Balaban J connectivity index is 2.26. The van der Waals surface area contributed by atoms with Crippen LogP contribution in [-0.2, 0) is 0 Å². The number of nitrogens with two attached hydrogens (primary N) is 1. The lowest BCUT2D eigenvalue weighted by molar-refractivity contribution is 0.102. The standard InChI is InChI=1S/C16H17ClN4O2/c1-21(2)14-12(17)7-4-8-13(14)20-15(22)10-5-3-6-11(9-10)19-16(18)23/h3-9H,1-2H3,(H,20,22)(H3,18,19,23). The summed E-state index contributed by atoms with van der Waals surface area (Å²) in [6, 6.07) is 11.1. The summed E-state index contributed by atoms with van der Waals surface area (Å²) in [5, 5.41) is 5.79. The topological polar surface area (TPSA) is 87.5 Å². The molecule has 120 valence electrons. The number of carbonyl (C=O) groups is 2. The fourth-order valence-corrected chi connectivity index (χ4v) is 2.49. The van der Waals surface area contributed by atoms with E-state index in [0.29, 0.717) is 27.6 Å². The number of hydrogen-bond acceptors (Lipinski definition) is 3. The van der Waals surface area contributed by atoms with Crippen molar-refractivity contribution in [3.8, 4) is 0 Å². The van der Waals surface area contributed by atoms with E-state index in [1.54, 1.807) is 42.5 Å². The first-order valence-corrected chi connectivity index (χ1v) is 7.20. The Hall–Kier alpha value is -2.73. The van der Waals surface area contributed by atoms with Crippen LogP contribution in [-0.4, -0.2) is 26.0 Å². The highest BCUT2D eigenvalue weighted by molar-refractivity contribution is 6.34. The van der Waals surface area contributed by atoms with Crippen LogP contribution in [0.25, 0.3) is 0 Å². The van der Waals surface area contributed by atoms with Crippen molar-refractivity contribution < 1.29 is 9.59 Å². The van der Waals surface area contributed by atoms with E-state index in [1.807, 2.05) is 19.0 Å². The average Bonchev–Trinajstić information content (AvgIpc) is 2.46. The number of nitrogens with zero attached hydrogens (tertiary/aromatic N) is 1. The van der Waals surface area contributed by atoms with Gasteiger partial charge in [0.2, 0.25) is 0 Å². The lowest BCUT2D eigenvalue weighted by Crippen LogP contribution is -2.20. The molecule has 2 rings (SSSR count). The summed E-state index contributed by atoms with van der Waals surface area (Å²) in [6.07, 6.45) is 0. The molecule has 6 nitrogen and oxygen atoms in total. The molecule has 4 N–H and O–H groups in total. The number of rotatable bonds is 4. The zero-order valence-corrected chi connectivity index (χ0v) is 13.5. The Morgan fingerprint density at radius 2 is 1.78 bits per heavy atom. The molecule has 0 spiro atoms. The van der Waals surface area contributed by atoms with Gasteiger partial charge in [-0.2, -0.15) is 0 Å². The van der Waals surface area contributed by atoms with Crippen LogP contribution in [0.4, 0.5) is 21.9 Å². The van der Waals surface area contributed by atoms with E-state index >= 15 is 0 Å². The van der Waals surface area contributed by atoms with Crippen molar-refractivity contribution >= 4 is 40.6 Å². The maximum atomic E-state index is 12.4. The largest absolute Gasteiger partial charge is 0.375 e. The Morgan fingerprint density at radius 3 is 2.43 bits per heavy atom. The summed E-state index contributed by atoms with van der Waals surface area (Å²) < 4.78 is 0. The number of urea groups is 1. The predicted octanol–water partition coefficient (Wildman–Crippen LogP) is 3.15. The number of amides is 3. The van der Waals surface area contributed by atoms with E-state index in [1.165, 1.54) is 0 Å². The van der Waals surface area contributed by atoms with Crippen LogP contribution in [0.3, 0.4) is 0 Å². The van der Waals surface area contributed by atoms with Crippen molar-refractivity contribution in [2.45, 2.75) is 0 Å². The lowest BCUT2D eigenvalue weighted by Gasteiger charge is -2.19. The molecular formula is C16H17ClN4O2. The van der Waals surface area contributed by atoms with Gasteiger partial charge < -0.3 is 21.3 Å². The summed E-state index contributed by atoms with van der Waals surface area (Å²) in [5.41, 5.74) is 7.23. The molecule has 0 fully saturated rings. The summed E-state index contributed by atoms with van der Waals surface area (Å²) in [7, 11) is 3.68. The number of hydrogen-bond donors (Lipinski definition) is 3. The fraction of sp³-hybridized carbons (Fsp3) is 0.125. The molecule has 3 amide bonds. The third-order valence-electron chi connectivity index (χ3n) is 3.07. The van der Waals surface area contributed by atoms with Crippen LogP contribution < -0.4 is 21.3 Å². The number of halogens is 1. The van der Waals surface area contributed by atoms with Gasteiger partial charge in [0.1, 0.15) is 0 Å². The van der Waals surface area contributed by atoms with Gasteiger partial charge in [-0.1, -0.05) is 23.7 Å². The van der Waals surface area contributed by atoms with E-state index in [9.17, 15) is 9.59 Å². The number of carbonyl (C=O) groups excluding carboxylic acids is 2. The van der Waals surface area contributed by atoms with Gasteiger partial charge in [-0.05, 0) is 30.3 Å². The molecule has 0 saturated heterocycles. The van der Waals surface area contributed by atoms with Crippen molar-refractivity contribution in [1.82, 2.24) is 0 Å². The Morgan fingerprint density at radius 1 is 1.09 bits per heavy atom. The van der Waals surface area contributed by atoms with Gasteiger partial charge in [0.25, 0.3) is 5.91 Å². The van der Waals surface area contributed by atoms with Crippen molar-refractivity contribution in [3.63, 3.8) is 0 Å². The molecule has 0 atom stereocenters. The van der Waals surface area contributed by atoms with E-state index in [2.05, 4.69) is 10.6 Å². The minimum Gasteiger partial charge on any atom is -0.375 e. The predicted molar refractivity (Wildman–Crippen MR) is 93.4 cm³/mol. The molecule has 0 aliphatic heterocycles. The van der Waals surface area contributed by atoms with Gasteiger partial charge in [-0.3, -0.25) is 4.79 Å².